The van der Waals surface area contributed by atoms with Crippen LogP contribution >= 0.6 is 0 Å². The highest BCUT2D eigenvalue weighted by atomic mass is 16.5. The largest absolute Gasteiger partial charge is 0.452 e. The third-order valence-corrected chi connectivity index (χ3v) is 5.10. The summed E-state index contributed by atoms with van der Waals surface area (Å²) in [6.07, 6.45) is 0.752. The van der Waals surface area contributed by atoms with Crippen molar-refractivity contribution < 1.29 is 14.3 Å². The molecule has 1 aliphatic rings. The van der Waals surface area contributed by atoms with Crippen LogP contribution in [0.1, 0.15) is 27.2 Å². The van der Waals surface area contributed by atoms with Crippen LogP contribution in [-0.4, -0.2) is 42.0 Å². The topological polar surface area (TPSA) is 95.3 Å². The Morgan fingerprint density at radius 2 is 1.97 bits per heavy atom. The summed E-state index contributed by atoms with van der Waals surface area (Å²) in [5, 5.41) is 12.5. The first-order valence-electron chi connectivity index (χ1n) is 9.62. The Kier molecular flexibility index (Phi) is 5.42. The summed E-state index contributed by atoms with van der Waals surface area (Å²) < 4.78 is 5.36. The van der Waals surface area contributed by atoms with E-state index in [4.69, 9.17) is 15.0 Å². The van der Waals surface area contributed by atoms with Crippen molar-refractivity contribution in [3.8, 4) is 6.07 Å². The molecule has 1 N–H and O–H groups in total. The van der Waals surface area contributed by atoms with Crippen LogP contribution in [-0.2, 0) is 22.5 Å². The number of carbonyl (C=O) groups is 2. The second-order valence-corrected chi connectivity index (χ2v) is 7.20. The van der Waals surface area contributed by atoms with Gasteiger partial charge >= 0.3 is 5.97 Å². The fourth-order valence-corrected chi connectivity index (χ4v) is 3.64. The number of pyridine rings is 1. The maximum absolute atomic E-state index is 13.0. The normalized spacial score (nSPS) is 13.3. The summed E-state index contributed by atoms with van der Waals surface area (Å²) >= 11 is 0. The number of likely N-dealkylation sites (N-methyl/N-ethyl adjacent to an activating group) is 1. The number of nitrogens with one attached hydrogen (secondary N) is 1. The number of esters is 1. The molecule has 0 spiro atoms. The molecule has 1 aliphatic heterocycles. The van der Waals surface area contributed by atoms with Crippen LogP contribution in [0.3, 0.4) is 0 Å². The maximum atomic E-state index is 13.0. The molecule has 30 heavy (non-hydrogen) atoms. The van der Waals surface area contributed by atoms with Crippen LogP contribution in [0.2, 0.25) is 0 Å². The standard InChI is InChI=1S/C23H20N4O3/c1-27-11-10-20-17(13-27)22(16-7-3-5-9-19(16)25-20)23(29)30-14-21(28)26-18-8-4-2-6-15(18)12-24/h2-9H,10-11,13-14H2,1H3,(H,26,28). The smallest absolute Gasteiger partial charge is 0.339 e. The van der Waals surface area contributed by atoms with E-state index < -0.39 is 18.5 Å². The number of anilines is 1. The van der Waals surface area contributed by atoms with E-state index in [9.17, 15) is 9.59 Å². The van der Waals surface area contributed by atoms with Crippen molar-refractivity contribution in [2.24, 2.45) is 0 Å². The molecule has 150 valence electrons. The van der Waals surface area contributed by atoms with Crippen molar-refractivity contribution in [2.75, 3.05) is 25.5 Å². The lowest BCUT2D eigenvalue weighted by Gasteiger charge is -2.26. The zero-order valence-corrected chi connectivity index (χ0v) is 16.5. The molecule has 7 nitrogen and oxygen atoms in total. The van der Waals surface area contributed by atoms with Gasteiger partial charge in [0.15, 0.2) is 6.61 Å². The first kappa shape index (κ1) is 19.6. The van der Waals surface area contributed by atoms with E-state index in [1.807, 2.05) is 37.4 Å². The third-order valence-electron chi connectivity index (χ3n) is 5.10. The summed E-state index contributed by atoms with van der Waals surface area (Å²) in [5.41, 5.74) is 3.67. The highest BCUT2D eigenvalue weighted by molar-refractivity contribution is 6.06. The van der Waals surface area contributed by atoms with Gasteiger partial charge in [-0.05, 0) is 25.2 Å². The maximum Gasteiger partial charge on any atom is 0.339 e. The number of hydrogen-bond acceptors (Lipinski definition) is 6. The fourth-order valence-electron chi connectivity index (χ4n) is 3.64. The third kappa shape index (κ3) is 3.86. The minimum absolute atomic E-state index is 0.342. The number of aromatic nitrogens is 1. The molecular formula is C23H20N4O3. The molecule has 7 heteroatoms. The molecule has 2 aromatic carbocycles. The van der Waals surface area contributed by atoms with Gasteiger partial charge in [0.25, 0.3) is 5.91 Å². The molecule has 0 atom stereocenters. The van der Waals surface area contributed by atoms with Gasteiger partial charge in [0.1, 0.15) is 6.07 Å². The summed E-state index contributed by atoms with van der Waals surface area (Å²) in [5.74, 6) is -1.06. The van der Waals surface area contributed by atoms with Gasteiger partial charge in [-0.25, -0.2) is 4.79 Å². The van der Waals surface area contributed by atoms with Crippen LogP contribution in [0.25, 0.3) is 10.9 Å². The molecule has 0 fully saturated rings. The predicted octanol–water partition coefficient (Wildman–Crippen LogP) is 2.89. The van der Waals surface area contributed by atoms with E-state index in [2.05, 4.69) is 10.2 Å². The van der Waals surface area contributed by atoms with E-state index in [-0.39, 0.29) is 0 Å². The molecule has 0 saturated carbocycles. The molecule has 0 unspecified atom stereocenters. The first-order chi connectivity index (χ1) is 14.6. The minimum Gasteiger partial charge on any atom is -0.452 e. The Morgan fingerprint density at radius 1 is 1.20 bits per heavy atom. The number of rotatable bonds is 4. The van der Waals surface area contributed by atoms with Gasteiger partial charge in [-0.3, -0.25) is 9.78 Å². The summed E-state index contributed by atoms with van der Waals surface area (Å²) in [6.45, 7) is 1.02. The molecule has 2 heterocycles. The lowest BCUT2D eigenvalue weighted by Crippen LogP contribution is -2.30. The molecule has 0 bridgehead atoms. The quantitative estimate of drug-likeness (QED) is 0.677. The predicted molar refractivity (Wildman–Crippen MR) is 112 cm³/mol. The second kappa shape index (κ2) is 8.31. The van der Waals surface area contributed by atoms with Crippen molar-refractivity contribution in [1.82, 2.24) is 9.88 Å². The Bertz CT molecular complexity index is 1180. The summed E-state index contributed by atoms with van der Waals surface area (Å²) in [7, 11) is 1.99. The number of ether oxygens (including phenoxy) is 1. The Hall–Kier alpha value is -3.76. The zero-order valence-electron chi connectivity index (χ0n) is 16.5. The van der Waals surface area contributed by atoms with Gasteiger partial charge in [0.2, 0.25) is 0 Å². The second-order valence-electron chi connectivity index (χ2n) is 7.20. The minimum atomic E-state index is -0.552. The van der Waals surface area contributed by atoms with Gasteiger partial charge in [0, 0.05) is 36.2 Å². The van der Waals surface area contributed by atoms with Crippen LogP contribution in [0.4, 0.5) is 5.69 Å². The summed E-state index contributed by atoms with van der Waals surface area (Å²) in [6, 6.07) is 16.1. The van der Waals surface area contributed by atoms with E-state index in [0.29, 0.717) is 28.7 Å². The van der Waals surface area contributed by atoms with Crippen LogP contribution in [0.15, 0.2) is 48.5 Å². The highest BCUT2D eigenvalue weighted by Crippen LogP contribution is 2.28. The molecule has 0 aliphatic carbocycles. The number of hydrogen-bond donors (Lipinski definition) is 1. The van der Waals surface area contributed by atoms with Gasteiger partial charge < -0.3 is 15.0 Å². The fraction of sp³-hybridized carbons (Fsp3) is 0.217. The van der Waals surface area contributed by atoms with E-state index in [1.54, 1.807) is 24.3 Å². The van der Waals surface area contributed by atoms with Gasteiger partial charge in [-0.15, -0.1) is 0 Å². The lowest BCUT2D eigenvalue weighted by atomic mass is 9.96. The van der Waals surface area contributed by atoms with Crippen molar-refractivity contribution in [3.05, 3.63) is 70.9 Å². The molecule has 4 rings (SSSR count). The lowest BCUT2D eigenvalue weighted by molar-refractivity contribution is -0.119. The van der Waals surface area contributed by atoms with Crippen LogP contribution < -0.4 is 5.32 Å². The number of benzene rings is 2. The Labute approximate surface area is 173 Å². The number of nitrogens with zero attached hydrogens (tertiary/aromatic N) is 3. The van der Waals surface area contributed by atoms with Gasteiger partial charge in [-0.1, -0.05) is 30.3 Å². The average Bonchev–Trinajstić information content (AvgIpc) is 2.76. The van der Waals surface area contributed by atoms with E-state index in [1.165, 1.54) is 0 Å². The number of para-hydroxylation sites is 2. The molecule has 1 amide bonds. The van der Waals surface area contributed by atoms with Crippen LogP contribution in [0, 0.1) is 11.3 Å². The SMILES string of the molecule is CN1CCc2nc3ccccc3c(C(=O)OCC(=O)Nc3ccccc3C#N)c2C1. The monoisotopic (exact) mass is 400 g/mol. The number of amides is 1. The zero-order chi connectivity index (χ0) is 21.1. The molecule has 3 aromatic rings. The van der Waals surface area contributed by atoms with Gasteiger partial charge in [0.05, 0.1) is 22.3 Å². The summed E-state index contributed by atoms with van der Waals surface area (Å²) in [4.78, 5) is 32.2. The average molecular weight is 400 g/mol. The highest BCUT2D eigenvalue weighted by Gasteiger charge is 2.25. The van der Waals surface area contributed by atoms with E-state index in [0.717, 1.165) is 29.7 Å². The first-order valence-corrected chi connectivity index (χ1v) is 9.62. The number of fused-ring (bicyclic) bond motifs is 2. The number of nitriles is 1. The molecule has 0 saturated heterocycles. The van der Waals surface area contributed by atoms with Crippen molar-refractivity contribution >= 4 is 28.5 Å². The van der Waals surface area contributed by atoms with Gasteiger partial charge in [-0.2, -0.15) is 5.26 Å². The number of carbonyl (C=O) groups excluding carboxylic acids is 2. The molecule has 0 radical (unpaired) electrons. The Balaban J connectivity index is 1.57. The molecule has 1 aromatic heterocycles. The Morgan fingerprint density at radius 3 is 2.80 bits per heavy atom. The van der Waals surface area contributed by atoms with Crippen LogP contribution in [0.5, 0.6) is 0 Å². The van der Waals surface area contributed by atoms with Crippen molar-refractivity contribution in [2.45, 2.75) is 13.0 Å². The van der Waals surface area contributed by atoms with Crippen molar-refractivity contribution in [1.29, 1.82) is 5.26 Å². The van der Waals surface area contributed by atoms with E-state index >= 15 is 0 Å². The molecular weight excluding hydrogens is 380 g/mol. The van der Waals surface area contributed by atoms with Crippen molar-refractivity contribution in [3.63, 3.8) is 0 Å².